The number of nitrogens with two attached hydrogens (primary N) is 1. The number of benzene rings is 2. The van der Waals surface area contributed by atoms with E-state index in [1.807, 2.05) is 24.3 Å². The smallest absolute Gasteiger partial charge is 0.241 e. The van der Waals surface area contributed by atoms with Crippen LogP contribution in [-0.2, 0) is 10.0 Å². The molecule has 0 unspecified atom stereocenters. The second-order valence-corrected chi connectivity index (χ2v) is 7.11. The van der Waals surface area contributed by atoms with E-state index in [2.05, 4.69) is 4.72 Å². The van der Waals surface area contributed by atoms with Crippen molar-refractivity contribution in [1.29, 1.82) is 0 Å². The Kier molecular flexibility index (Phi) is 4.76. The minimum absolute atomic E-state index is 0.154. The molecule has 21 heavy (non-hydrogen) atoms. The molecule has 0 saturated heterocycles. The van der Waals surface area contributed by atoms with E-state index >= 15 is 0 Å². The summed E-state index contributed by atoms with van der Waals surface area (Å²) in [7, 11) is -0.635. The number of para-hydroxylation sites is 1. The van der Waals surface area contributed by atoms with Crippen LogP contribution < -0.4 is 15.2 Å². The number of hydrogen-bond acceptors (Lipinski definition) is 5. The normalized spacial score (nSPS) is 11.3. The van der Waals surface area contributed by atoms with Gasteiger partial charge in [-0.05, 0) is 37.4 Å². The quantitative estimate of drug-likeness (QED) is 0.825. The fraction of sp³-hybridized carbons (Fsp3) is 0.143. The largest absolute Gasteiger partial charge is 0.496 e. The second-order valence-electron chi connectivity index (χ2n) is 4.17. The highest BCUT2D eigenvalue weighted by Gasteiger charge is 2.18. The van der Waals surface area contributed by atoms with Crippen molar-refractivity contribution in [3.8, 4) is 5.75 Å². The Morgan fingerprint density at radius 1 is 1.14 bits per heavy atom. The third-order valence-electron chi connectivity index (χ3n) is 2.82. The number of rotatable bonds is 5. The van der Waals surface area contributed by atoms with E-state index < -0.39 is 10.0 Å². The molecule has 7 heteroatoms. The Bertz CT molecular complexity index is 746. The predicted octanol–water partition coefficient (Wildman–Crippen LogP) is 2.34. The average molecular weight is 324 g/mol. The van der Waals surface area contributed by atoms with E-state index in [-0.39, 0.29) is 4.90 Å². The number of hydrogen-bond donors (Lipinski definition) is 2. The molecular weight excluding hydrogens is 308 g/mol. The zero-order valence-corrected chi connectivity index (χ0v) is 13.3. The lowest BCUT2D eigenvalue weighted by atomic mass is 10.3. The van der Waals surface area contributed by atoms with Crippen molar-refractivity contribution in [2.45, 2.75) is 14.7 Å². The summed E-state index contributed by atoms with van der Waals surface area (Å²) >= 11 is 1.32. The van der Waals surface area contributed by atoms with E-state index in [9.17, 15) is 8.42 Å². The van der Waals surface area contributed by atoms with Gasteiger partial charge in [0.2, 0.25) is 10.0 Å². The molecule has 0 aromatic heterocycles. The molecule has 2 aromatic carbocycles. The zero-order valence-electron chi connectivity index (χ0n) is 11.7. The summed E-state index contributed by atoms with van der Waals surface area (Å²) < 4.78 is 31.8. The lowest BCUT2D eigenvalue weighted by molar-refractivity contribution is 0.405. The first-order chi connectivity index (χ1) is 9.97. The van der Waals surface area contributed by atoms with Crippen LogP contribution in [0.1, 0.15) is 0 Å². The summed E-state index contributed by atoms with van der Waals surface area (Å²) in [6, 6.07) is 12.2. The van der Waals surface area contributed by atoms with Crippen molar-refractivity contribution in [3.63, 3.8) is 0 Å². The maximum atomic E-state index is 12.1. The van der Waals surface area contributed by atoms with Crippen LogP contribution in [0.25, 0.3) is 0 Å². The highest BCUT2D eigenvalue weighted by molar-refractivity contribution is 8.00. The van der Waals surface area contributed by atoms with Crippen molar-refractivity contribution < 1.29 is 13.2 Å². The topological polar surface area (TPSA) is 81.4 Å². The Morgan fingerprint density at radius 2 is 1.86 bits per heavy atom. The number of methoxy groups -OCH3 is 1. The van der Waals surface area contributed by atoms with Gasteiger partial charge in [0.05, 0.1) is 16.9 Å². The fourth-order valence-electron chi connectivity index (χ4n) is 1.75. The SMILES string of the molecule is CNS(=O)(=O)c1cc(N)ccc1Sc1ccccc1OC. The number of ether oxygens (including phenoxy) is 1. The summed E-state index contributed by atoms with van der Waals surface area (Å²) in [5, 5.41) is 0. The van der Waals surface area contributed by atoms with Crippen molar-refractivity contribution in [3.05, 3.63) is 42.5 Å². The van der Waals surface area contributed by atoms with Gasteiger partial charge in [-0.1, -0.05) is 23.9 Å². The standard InChI is InChI=1S/C14H16N2O3S2/c1-16-21(17,18)14-9-10(15)7-8-13(14)20-12-6-4-3-5-11(12)19-2/h3-9,16H,15H2,1-2H3. The van der Waals surface area contributed by atoms with Crippen molar-refractivity contribution in [2.24, 2.45) is 0 Å². The van der Waals surface area contributed by atoms with Crippen LogP contribution in [0.2, 0.25) is 0 Å². The summed E-state index contributed by atoms with van der Waals surface area (Å²) in [6.07, 6.45) is 0. The molecule has 0 atom stereocenters. The van der Waals surface area contributed by atoms with Gasteiger partial charge in [0.15, 0.2) is 0 Å². The molecule has 2 aromatic rings. The lowest BCUT2D eigenvalue weighted by Crippen LogP contribution is -2.19. The van der Waals surface area contributed by atoms with E-state index in [1.54, 1.807) is 19.2 Å². The van der Waals surface area contributed by atoms with Gasteiger partial charge in [0.25, 0.3) is 0 Å². The molecule has 0 aliphatic heterocycles. The minimum atomic E-state index is -3.58. The summed E-state index contributed by atoms with van der Waals surface area (Å²) in [4.78, 5) is 1.57. The Morgan fingerprint density at radius 3 is 2.52 bits per heavy atom. The zero-order chi connectivity index (χ0) is 15.5. The maximum Gasteiger partial charge on any atom is 0.241 e. The van der Waals surface area contributed by atoms with Crippen molar-refractivity contribution in [1.82, 2.24) is 4.72 Å². The van der Waals surface area contributed by atoms with E-state index in [0.717, 1.165) is 4.90 Å². The van der Waals surface area contributed by atoms with Gasteiger partial charge >= 0.3 is 0 Å². The lowest BCUT2D eigenvalue weighted by Gasteiger charge is -2.12. The Balaban J connectivity index is 2.50. The summed E-state index contributed by atoms with van der Waals surface area (Å²) in [5.74, 6) is 0.687. The van der Waals surface area contributed by atoms with Gasteiger partial charge in [-0.3, -0.25) is 0 Å². The molecule has 2 rings (SSSR count). The van der Waals surface area contributed by atoms with E-state index in [4.69, 9.17) is 10.5 Å². The van der Waals surface area contributed by atoms with Crippen LogP contribution in [0, 0.1) is 0 Å². The summed E-state index contributed by atoms with van der Waals surface area (Å²) in [6.45, 7) is 0. The average Bonchev–Trinajstić information content (AvgIpc) is 2.49. The number of nitrogens with one attached hydrogen (secondary N) is 1. The highest BCUT2D eigenvalue weighted by Crippen LogP contribution is 2.38. The molecule has 3 N–H and O–H groups in total. The van der Waals surface area contributed by atoms with Crippen molar-refractivity contribution >= 4 is 27.5 Å². The van der Waals surface area contributed by atoms with Gasteiger partial charge in [-0.2, -0.15) is 0 Å². The van der Waals surface area contributed by atoms with Crippen LogP contribution in [0.4, 0.5) is 5.69 Å². The number of anilines is 1. The van der Waals surface area contributed by atoms with Gasteiger partial charge in [0, 0.05) is 10.6 Å². The monoisotopic (exact) mass is 324 g/mol. The molecule has 0 aliphatic carbocycles. The molecule has 0 radical (unpaired) electrons. The van der Waals surface area contributed by atoms with Gasteiger partial charge in [-0.25, -0.2) is 13.1 Å². The third-order valence-corrected chi connectivity index (χ3v) is 5.53. The number of nitrogen functional groups attached to an aromatic ring is 1. The van der Waals surface area contributed by atoms with Gasteiger partial charge in [-0.15, -0.1) is 0 Å². The molecular formula is C14H16N2O3S2. The van der Waals surface area contributed by atoms with Crippen LogP contribution in [0.3, 0.4) is 0 Å². The van der Waals surface area contributed by atoms with Crippen LogP contribution >= 0.6 is 11.8 Å². The predicted molar refractivity (Wildman–Crippen MR) is 84.2 cm³/mol. The number of sulfonamides is 1. The first-order valence-electron chi connectivity index (χ1n) is 6.12. The summed E-state index contributed by atoms with van der Waals surface area (Å²) in [5.41, 5.74) is 6.10. The van der Waals surface area contributed by atoms with E-state index in [1.165, 1.54) is 24.9 Å². The minimum Gasteiger partial charge on any atom is -0.496 e. The molecule has 5 nitrogen and oxygen atoms in total. The Hall–Kier alpha value is -1.70. The molecule has 0 spiro atoms. The van der Waals surface area contributed by atoms with E-state index in [0.29, 0.717) is 16.3 Å². The highest BCUT2D eigenvalue weighted by atomic mass is 32.2. The molecule has 0 fully saturated rings. The second kappa shape index (κ2) is 6.38. The van der Waals surface area contributed by atoms with Crippen molar-refractivity contribution in [2.75, 3.05) is 19.9 Å². The van der Waals surface area contributed by atoms with Gasteiger partial charge < -0.3 is 10.5 Å². The van der Waals surface area contributed by atoms with Gasteiger partial charge in [0.1, 0.15) is 5.75 Å². The van der Waals surface area contributed by atoms with Crippen LogP contribution in [0.5, 0.6) is 5.75 Å². The Labute approximate surface area is 128 Å². The molecule has 0 bridgehead atoms. The molecule has 0 saturated carbocycles. The molecule has 0 amide bonds. The molecule has 112 valence electrons. The first-order valence-corrected chi connectivity index (χ1v) is 8.42. The van der Waals surface area contributed by atoms with Crippen LogP contribution in [-0.4, -0.2) is 22.6 Å². The third kappa shape index (κ3) is 3.49. The van der Waals surface area contributed by atoms with Crippen LogP contribution in [0.15, 0.2) is 57.2 Å². The first kappa shape index (κ1) is 15.7. The fourth-order valence-corrected chi connectivity index (χ4v) is 3.98. The molecule has 0 aliphatic rings. The molecule has 0 heterocycles. The maximum absolute atomic E-state index is 12.1.